The Morgan fingerprint density at radius 3 is 2.95 bits per heavy atom. The molecule has 0 N–H and O–H groups in total. The van der Waals surface area contributed by atoms with Crippen molar-refractivity contribution < 1.29 is 9.53 Å². The number of carbonyl (C=O) groups excluding carboxylic acids is 1. The van der Waals surface area contributed by atoms with E-state index in [4.69, 9.17) is 16.3 Å². The van der Waals surface area contributed by atoms with E-state index in [1.54, 1.807) is 22.7 Å². The van der Waals surface area contributed by atoms with Gasteiger partial charge in [-0.05, 0) is 19.1 Å². The smallest absolute Gasteiger partial charge is 0.306 e. The molecule has 2 heterocycles. The van der Waals surface area contributed by atoms with E-state index in [2.05, 4.69) is 9.88 Å². The molecule has 0 saturated heterocycles. The van der Waals surface area contributed by atoms with Gasteiger partial charge < -0.3 is 9.64 Å². The van der Waals surface area contributed by atoms with E-state index in [-0.39, 0.29) is 5.97 Å². The summed E-state index contributed by atoms with van der Waals surface area (Å²) in [5.74, 6) is -0.173. The molecule has 2 aromatic heterocycles. The van der Waals surface area contributed by atoms with Crippen LogP contribution in [0.3, 0.4) is 0 Å². The fourth-order valence-corrected chi connectivity index (χ4v) is 3.76. The Labute approximate surface area is 137 Å². The molecule has 0 aliphatic carbocycles. The second-order valence-electron chi connectivity index (χ2n) is 4.49. The van der Waals surface area contributed by atoms with Gasteiger partial charge in [0.15, 0.2) is 5.13 Å². The third-order valence-corrected chi connectivity index (χ3v) is 5.00. The lowest BCUT2D eigenvalue weighted by atomic mass is 10.2. The topological polar surface area (TPSA) is 42.4 Å². The van der Waals surface area contributed by atoms with E-state index in [0.29, 0.717) is 19.4 Å². The summed E-state index contributed by atoms with van der Waals surface area (Å²) >= 11 is 9.09. The molecular formula is C14H17ClN2O2S2. The summed E-state index contributed by atoms with van der Waals surface area (Å²) in [5.41, 5.74) is 0.930. The van der Waals surface area contributed by atoms with E-state index < -0.39 is 0 Å². The van der Waals surface area contributed by atoms with Crippen LogP contribution >= 0.6 is 34.3 Å². The van der Waals surface area contributed by atoms with Crippen LogP contribution in [0, 0.1) is 0 Å². The van der Waals surface area contributed by atoms with Crippen LogP contribution in [0.2, 0.25) is 4.34 Å². The number of rotatable bonds is 7. The van der Waals surface area contributed by atoms with E-state index in [0.717, 1.165) is 21.7 Å². The number of aromatic nitrogens is 1. The Morgan fingerprint density at radius 2 is 2.29 bits per heavy atom. The standard InChI is InChI=1S/C14H17ClN2O2S2/c1-3-19-13(18)7-4-10-9-20-14(16-10)17(2)8-11-5-6-12(15)21-11/h5-6,9H,3-4,7-8H2,1-2H3. The van der Waals surface area contributed by atoms with Gasteiger partial charge in [0.05, 0.1) is 29.6 Å². The molecule has 0 atom stereocenters. The van der Waals surface area contributed by atoms with Gasteiger partial charge in [-0.2, -0.15) is 0 Å². The Hall–Kier alpha value is -1.11. The van der Waals surface area contributed by atoms with Crippen LogP contribution in [0.4, 0.5) is 5.13 Å². The summed E-state index contributed by atoms with van der Waals surface area (Å²) in [6.45, 7) is 3.01. The van der Waals surface area contributed by atoms with Gasteiger partial charge in [0.25, 0.3) is 0 Å². The number of hydrogen-bond donors (Lipinski definition) is 0. The summed E-state index contributed by atoms with van der Waals surface area (Å²) in [5, 5.41) is 2.94. The van der Waals surface area contributed by atoms with Crippen LogP contribution in [-0.2, 0) is 22.5 Å². The number of carbonyl (C=O) groups is 1. The van der Waals surface area contributed by atoms with E-state index in [1.807, 2.05) is 31.5 Å². The van der Waals surface area contributed by atoms with Crippen molar-refractivity contribution in [1.82, 2.24) is 4.98 Å². The zero-order valence-corrected chi connectivity index (χ0v) is 14.4. The van der Waals surface area contributed by atoms with Crippen LogP contribution in [0.5, 0.6) is 0 Å². The fraction of sp³-hybridized carbons (Fsp3) is 0.429. The van der Waals surface area contributed by atoms with Crippen molar-refractivity contribution in [2.45, 2.75) is 26.3 Å². The molecule has 0 aromatic carbocycles. The van der Waals surface area contributed by atoms with Gasteiger partial charge in [-0.15, -0.1) is 22.7 Å². The van der Waals surface area contributed by atoms with Crippen molar-refractivity contribution in [1.29, 1.82) is 0 Å². The van der Waals surface area contributed by atoms with Crippen LogP contribution in [0.25, 0.3) is 0 Å². The monoisotopic (exact) mass is 344 g/mol. The first-order chi connectivity index (χ1) is 10.1. The van der Waals surface area contributed by atoms with Crippen molar-refractivity contribution in [2.24, 2.45) is 0 Å². The molecule has 114 valence electrons. The van der Waals surface area contributed by atoms with Crippen molar-refractivity contribution in [3.8, 4) is 0 Å². The Balaban J connectivity index is 1.88. The predicted molar refractivity (Wildman–Crippen MR) is 88.5 cm³/mol. The van der Waals surface area contributed by atoms with Crippen molar-refractivity contribution in [2.75, 3.05) is 18.6 Å². The van der Waals surface area contributed by atoms with E-state index in [9.17, 15) is 4.79 Å². The van der Waals surface area contributed by atoms with Gasteiger partial charge in [0.2, 0.25) is 0 Å². The number of aryl methyl sites for hydroxylation is 1. The average molecular weight is 345 g/mol. The number of nitrogens with zero attached hydrogens (tertiary/aromatic N) is 2. The molecule has 21 heavy (non-hydrogen) atoms. The van der Waals surface area contributed by atoms with Gasteiger partial charge >= 0.3 is 5.97 Å². The van der Waals surface area contributed by atoms with Crippen LogP contribution < -0.4 is 4.90 Å². The molecule has 0 aliphatic rings. The minimum Gasteiger partial charge on any atom is -0.466 e. The number of esters is 1. The van der Waals surface area contributed by atoms with Gasteiger partial charge in [-0.25, -0.2) is 4.98 Å². The molecular weight excluding hydrogens is 328 g/mol. The number of hydrogen-bond acceptors (Lipinski definition) is 6. The maximum Gasteiger partial charge on any atom is 0.306 e. The lowest BCUT2D eigenvalue weighted by Gasteiger charge is -2.14. The van der Waals surface area contributed by atoms with Gasteiger partial charge in [0.1, 0.15) is 0 Å². The second kappa shape index (κ2) is 7.77. The lowest BCUT2D eigenvalue weighted by molar-refractivity contribution is -0.143. The molecule has 0 spiro atoms. The van der Waals surface area contributed by atoms with Crippen molar-refractivity contribution in [3.05, 3.63) is 32.4 Å². The summed E-state index contributed by atoms with van der Waals surface area (Å²) in [6.07, 6.45) is 0.995. The maximum absolute atomic E-state index is 11.3. The van der Waals surface area contributed by atoms with Gasteiger partial charge in [-0.1, -0.05) is 11.6 Å². The number of anilines is 1. The third kappa shape index (κ3) is 4.98. The first-order valence-corrected chi connectivity index (χ1v) is 8.71. The highest BCUT2D eigenvalue weighted by atomic mass is 35.5. The highest BCUT2D eigenvalue weighted by Crippen LogP contribution is 2.26. The molecule has 7 heteroatoms. The molecule has 0 unspecified atom stereocenters. The highest BCUT2D eigenvalue weighted by molar-refractivity contribution is 7.16. The quantitative estimate of drug-likeness (QED) is 0.712. The molecule has 4 nitrogen and oxygen atoms in total. The predicted octanol–water partition coefficient (Wildman–Crippen LogP) is 3.99. The molecule has 0 radical (unpaired) electrons. The van der Waals surface area contributed by atoms with Crippen LogP contribution in [-0.4, -0.2) is 24.6 Å². The first-order valence-electron chi connectivity index (χ1n) is 6.64. The Kier molecular flexibility index (Phi) is 6.02. The fourth-order valence-electron chi connectivity index (χ4n) is 1.79. The zero-order chi connectivity index (χ0) is 15.2. The van der Waals surface area contributed by atoms with Gasteiger partial charge in [-0.3, -0.25) is 4.79 Å². The maximum atomic E-state index is 11.3. The summed E-state index contributed by atoms with van der Waals surface area (Å²) in [7, 11) is 2.00. The molecule has 0 bridgehead atoms. The number of thiophene rings is 1. The lowest BCUT2D eigenvalue weighted by Crippen LogP contribution is -2.15. The molecule has 0 saturated carbocycles. The summed E-state index contributed by atoms with van der Waals surface area (Å²) in [6, 6.07) is 3.93. The molecule has 0 aliphatic heterocycles. The number of ether oxygens (including phenoxy) is 1. The Bertz CT molecular complexity index is 597. The minimum atomic E-state index is -0.173. The SMILES string of the molecule is CCOC(=O)CCc1csc(N(C)Cc2ccc(Cl)s2)n1. The second-order valence-corrected chi connectivity index (χ2v) is 7.12. The number of thiazole rings is 1. The normalized spacial score (nSPS) is 10.6. The summed E-state index contributed by atoms with van der Waals surface area (Å²) < 4.78 is 5.71. The summed E-state index contributed by atoms with van der Waals surface area (Å²) in [4.78, 5) is 19.2. The van der Waals surface area contributed by atoms with Crippen LogP contribution in [0.15, 0.2) is 17.5 Å². The van der Waals surface area contributed by atoms with Crippen molar-refractivity contribution in [3.63, 3.8) is 0 Å². The minimum absolute atomic E-state index is 0.173. The molecule has 2 aromatic rings. The van der Waals surface area contributed by atoms with E-state index in [1.165, 1.54) is 4.88 Å². The highest BCUT2D eigenvalue weighted by Gasteiger charge is 2.10. The molecule has 0 fully saturated rings. The van der Waals surface area contributed by atoms with E-state index >= 15 is 0 Å². The Morgan fingerprint density at radius 1 is 1.48 bits per heavy atom. The molecule has 0 amide bonds. The first kappa shape index (κ1) is 16.3. The van der Waals surface area contributed by atoms with Crippen LogP contribution in [0.1, 0.15) is 23.9 Å². The van der Waals surface area contributed by atoms with Crippen molar-refractivity contribution >= 4 is 45.4 Å². The number of halogens is 1. The largest absolute Gasteiger partial charge is 0.466 e. The third-order valence-electron chi connectivity index (χ3n) is 2.78. The zero-order valence-electron chi connectivity index (χ0n) is 12.0. The average Bonchev–Trinajstić information content (AvgIpc) is 3.06. The molecule has 2 rings (SSSR count). The van der Waals surface area contributed by atoms with Gasteiger partial charge in [0, 0.05) is 23.7 Å².